The number of rotatable bonds is 3. The average molecular weight is 349 g/mol. The van der Waals surface area contributed by atoms with Gasteiger partial charge in [0.15, 0.2) is 5.78 Å². The molecule has 4 aliphatic carbocycles. The number of ketones is 1. The van der Waals surface area contributed by atoms with Gasteiger partial charge in [0, 0.05) is 6.42 Å². The van der Waals surface area contributed by atoms with Crippen LogP contribution in [-0.2, 0) is 4.79 Å². The summed E-state index contributed by atoms with van der Waals surface area (Å²) in [5, 5.41) is 10.6. The predicted molar refractivity (Wildman–Crippen MR) is 100 cm³/mol. The second-order valence-corrected chi connectivity index (χ2v) is 10.1. The molecule has 0 aromatic carbocycles. The largest absolute Gasteiger partial charge is 0.393 e. The van der Waals surface area contributed by atoms with Crippen LogP contribution >= 0.6 is 11.8 Å². The van der Waals surface area contributed by atoms with Crippen LogP contribution in [0.2, 0.25) is 0 Å². The van der Waals surface area contributed by atoms with Crippen molar-refractivity contribution < 1.29 is 9.90 Å². The van der Waals surface area contributed by atoms with Gasteiger partial charge in [-0.1, -0.05) is 12.5 Å². The van der Waals surface area contributed by atoms with E-state index in [9.17, 15) is 9.90 Å². The van der Waals surface area contributed by atoms with Crippen LogP contribution in [0, 0.1) is 28.6 Å². The van der Waals surface area contributed by atoms with Gasteiger partial charge in [-0.25, -0.2) is 0 Å². The predicted octanol–water partition coefficient (Wildman–Crippen LogP) is 4.61. The zero-order chi connectivity index (χ0) is 16.9. The van der Waals surface area contributed by atoms with Crippen molar-refractivity contribution in [2.24, 2.45) is 28.6 Å². The quantitative estimate of drug-likeness (QED) is 0.809. The fraction of sp³-hybridized carbons (Fsp3) is 0.857. The first kappa shape index (κ1) is 17.1. The summed E-state index contributed by atoms with van der Waals surface area (Å²) >= 11 is 1.95. The van der Waals surface area contributed by atoms with E-state index in [-0.39, 0.29) is 11.5 Å². The van der Waals surface area contributed by atoms with Crippen molar-refractivity contribution in [3.63, 3.8) is 0 Å². The van der Waals surface area contributed by atoms with Crippen LogP contribution in [0.4, 0.5) is 0 Å². The summed E-state index contributed by atoms with van der Waals surface area (Å²) in [6.07, 6.45) is 14.3. The van der Waals surface area contributed by atoms with E-state index in [4.69, 9.17) is 0 Å². The van der Waals surface area contributed by atoms with E-state index in [2.05, 4.69) is 13.2 Å². The highest BCUT2D eigenvalue weighted by Crippen LogP contribution is 2.66. The maximum atomic E-state index is 12.1. The summed E-state index contributed by atoms with van der Waals surface area (Å²) in [5.74, 6) is 3.80. The normalized spacial score (nSPS) is 47.6. The van der Waals surface area contributed by atoms with E-state index in [1.54, 1.807) is 0 Å². The first-order valence-electron chi connectivity index (χ1n) is 9.92. The first-order valence-corrected chi connectivity index (χ1v) is 11.3. The average Bonchev–Trinajstić information content (AvgIpc) is 2.88. The number of hydrogen-bond donors (Lipinski definition) is 1. The summed E-state index contributed by atoms with van der Waals surface area (Å²) in [6.45, 7) is 2.36. The molecule has 3 saturated carbocycles. The van der Waals surface area contributed by atoms with Crippen molar-refractivity contribution in [3.05, 3.63) is 11.6 Å². The molecule has 6 atom stereocenters. The molecule has 4 aliphatic rings. The minimum Gasteiger partial charge on any atom is -0.393 e. The van der Waals surface area contributed by atoms with Crippen LogP contribution in [0.15, 0.2) is 11.6 Å². The molecule has 1 N–H and O–H groups in total. The number of carbonyl (C=O) groups excluding carboxylic acids is 1. The fourth-order valence-corrected chi connectivity index (χ4v) is 7.66. The van der Waals surface area contributed by atoms with Gasteiger partial charge in [-0.05, 0) is 98.0 Å². The number of thioether (sulfide) groups is 1. The molecule has 0 unspecified atom stereocenters. The molecule has 0 radical (unpaired) electrons. The van der Waals surface area contributed by atoms with Gasteiger partial charge in [0.2, 0.25) is 0 Å². The van der Waals surface area contributed by atoms with E-state index in [1.165, 1.54) is 43.4 Å². The van der Waals surface area contributed by atoms with Gasteiger partial charge in [0.25, 0.3) is 0 Å². The van der Waals surface area contributed by atoms with Gasteiger partial charge in [-0.15, -0.1) is 0 Å². The Labute approximate surface area is 150 Å². The molecule has 0 saturated heterocycles. The Kier molecular flexibility index (Phi) is 4.40. The molecule has 0 spiro atoms. The molecular weight excluding hydrogens is 316 g/mol. The third kappa shape index (κ3) is 2.37. The minimum absolute atomic E-state index is 0.0875. The molecule has 0 amide bonds. The van der Waals surface area contributed by atoms with E-state index in [0.717, 1.165) is 37.5 Å². The van der Waals surface area contributed by atoms with E-state index >= 15 is 0 Å². The molecule has 0 aliphatic heterocycles. The van der Waals surface area contributed by atoms with Crippen LogP contribution in [0.3, 0.4) is 0 Å². The van der Waals surface area contributed by atoms with Gasteiger partial charge >= 0.3 is 0 Å². The number of fused-ring (bicyclic) bond motifs is 5. The lowest BCUT2D eigenvalue weighted by Crippen LogP contribution is -2.52. The third-order valence-corrected chi connectivity index (χ3v) is 9.00. The van der Waals surface area contributed by atoms with Crippen molar-refractivity contribution in [1.29, 1.82) is 0 Å². The Balaban J connectivity index is 1.69. The topological polar surface area (TPSA) is 37.3 Å². The number of carbonyl (C=O) groups is 1. The van der Waals surface area contributed by atoms with Crippen molar-refractivity contribution in [3.8, 4) is 0 Å². The summed E-state index contributed by atoms with van der Waals surface area (Å²) < 4.78 is 0. The van der Waals surface area contributed by atoms with Crippen molar-refractivity contribution in [1.82, 2.24) is 0 Å². The number of aliphatic hydroxyl groups excluding tert-OH is 1. The van der Waals surface area contributed by atoms with Crippen molar-refractivity contribution >= 4 is 17.5 Å². The Morgan fingerprint density at radius 2 is 2.00 bits per heavy atom. The van der Waals surface area contributed by atoms with Gasteiger partial charge < -0.3 is 5.11 Å². The second kappa shape index (κ2) is 6.16. The lowest BCUT2D eigenvalue weighted by molar-refractivity contribution is -0.118. The van der Waals surface area contributed by atoms with E-state index in [1.807, 2.05) is 17.8 Å². The summed E-state index contributed by atoms with van der Waals surface area (Å²) in [4.78, 5) is 12.1. The Morgan fingerprint density at radius 1 is 1.17 bits per heavy atom. The maximum absolute atomic E-state index is 12.1. The molecule has 4 rings (SSSR count). The van der Waals surface area contributed by atoms with Crippen molar-refractivity contribution in [2.45, 2.75) is 70.8 Å². The highest BCUT2D eigenvalue weighted by molar-refractivity contribution is 7.98. The third-order valence-electron chi connectivity index (χ3n) is 8.39. The Bertz CT molecular complexity index is 556. The van der Waals surface area contributed by atoms with Crippen molar-refractivity contribution in [2.75, 3.05) is 12.0 Å². The lowest BCUT2D eigenvalue weighted by Gasteiger charge is -2.59. The fourth-order valence-electron chi connectivity index (χ4n) is 7.09. The first-order chi connectivity index (χ1) is 11.5. The SMILES string of the molecule is CSCC[C@]12CCC(=O)C=C1CC[C@@H]1[C@@H]2CC[C@]2(C)[C@@H](O)CC[C@@H]12. The Morgan fingerprint density at radius 3 is 2.79 bits per heavy atom. The van der Waals surface area contributed by atoms with Crippen LogP contribution in [-0.4, -0.2) is 29.0 Å². The minimum atomic E-state index is -0.0875. The van der Waals surface area contributed by atoms with Crippen LogP contribution in [0.5, 0.6) is 0 Å². The Hall–Kier alpha value is -0.280. The summed E-state index contributed by atoms with van der Waals surface area (Å²) in [6, 6.07) is 0. The summed E-state index contributed by atoms with van der Waals surface area (Å²) in [5.41, 5.74) is 1.96. The standard InChI is InChI=1S/C21H32O2S/c1-20-9-8-18-16(17(20)5-6-19(20)23)4-3-14-13-15(22)7-10-21(14,18)11-12-24-2/h13,16-19,23H,3-12H2,1-2H3/t16-,17-,18-,19-,20-,21+/m0/s1. The molecule has 24 heavy (non-hydrogen) atoms. The van der Waals surface area contributed by atoms with Gasteiger partial charge in [-0.2, -0.15) is 11.8 Å². The number of aliphatic hydroxyl groups is 1. The van der Waals surface area contributed by atoms with Gasteiger partial charge in [0.05, 0.1) is 6.10 Å². The van der Waals surface area contributed by atoms with Crippen LogP contribution in [0.25, 0.3) is 0 Å². The molecule has 0 bridgehead atoms. The molecular formula is C21H32O2S. The lowest BCUT2D eigenvalue weighted by atomic mass is 9.46. The maximum Gasteiger partial charge on any atom is 0.155 e. The van der Waals surface area contributed by atoms with E-state index in [0.29, 0.717) is 17.1 Å². The second-order valence-electron chi connectivity index (χ2n) is 9.09. The monoisotopic (exact) mass is 348 g/mol. The summed E-state index contributed by atoms with van der Waals surface area (Å²) in [7, 11) is 0. The highest BCUT2D eigenvalue weighted by Gasteiger charge is 2.59. The zero-order valence-corrected chi connectivity index (χ0v) is 16.0. The van der Waals surface area contributed by atoms with Crippen LogP contribution in [0.1, 0.15) is 64.7 Å². The number of hydrogen-bond acceptors (Lipinski definition) is 3. The number of allylic oxidation sites excluding steroid dienone is 1. The highest BCUT2D eigenvalue weighted by atomic mass is 32.2. The molecule has 0 heterocycles. The molecule has 3 heteroatoms. The molecule has 3 fully saturated rings. The smallest absolute Gasteiger partial charge is 0.155 e. The van der Waals surface area contributed by atoms with E-state index < -0.39 is 0 Å². The van der Waals surface area contributed by atoms with Crippen LogP contribution < -0.4 is 0 Å². The van der Waals surface area contributed by atoms with Gasteiger partial charge in [-0.3, -0.25) is 4.79 Å². The van der Waals surface area contributed by atoms with Gasteiger partial charge in [0.1, 0.15) is 0 Å². The zero-order valence-electron chi connectivity index (χ0n) is 15.2. The molecule has 2 nitrogen and oxygen atoms in total. The molecule has 0 aromatic heterocycles. The molecule has 0 aromatic rings. The molecule has 134 valence electrons.